The molecule has 0 amide bonds. The molecule has 0 spiro atoms. The number of anilines is 2. The van der Waals surface area contributed by atoms with Gasteiger partial charge in [-0.25, -0.2) is 4.39 Å². The van der Waals surface area contributed by atoms with Crippen molar-refractivity contribution in [2.24, 2.45) is 5.73 Å². The van der Waals surface area contributed by atoms with E-state index >= 15 is 0 Å². The van der Waals surface area contributed by atoms with Crippen molar-refractivity contribution >= 4 is 11.5 Å². The number of hydrogen-bond donors (Lipinski definition) is 1. The van der Waals surface area contributed by atoms with Crippen molar-refractivity contribution in [2.45, 2.75) is 13.3 Å². The molecule has 2 aromatic rings. The summed E-state index contributed by atoms with van der Waals surface area (Å²) >= 11 is 0. The molecule has 0 saturated heterocycles. The van der Waals surface area contributed by atoms with Gasteiger partial charge in [0.25, 0.3) is 0 Å². The minimum Gasteiger partial charge on any atom is -0.330 e. The van der Waals surface area contributed by atoms with Crippen LogP contribution in [0.3, 0.4) is 0 Å². The molecular weight excluding hydrogens is 243 g/mol. The minimum absolute atomic E-state index is 0.252. The third-order valence-electron chi connectivity index (χ3n) is 2.78. The van der Waals surface area contributed by atoms with Crippen LogP contribution in [-0.4, -0.2) is 23.3 Å². The Balaban J connectivity index is 2.29. The fourth-order valence-corrected chi connectivity index (χ4v) is 1.78. The van der Waals surface area contributed by atoms with Gasteiger partial charge in [0.05, 0.1) is 5.69 Å². The van der Waals surface area contributed by atoms with E-state index in [0.717, 1.165) is 30.2 Å². The van der Waals surface area contributed by atoms with Crippen LogP contribution < -0.4 is 10.6 Å². The zero-order valence-corrected chi connectivity index (χ0v) is 10.9. The number of aryl methyl sites for hydroxylation is 1. The molecule has 0 unspecified atom stereocenters. The molecule has 0 fully saturated rings. The highest BCUT2D eigenvalue weighted by Gasteiger charge is 2.10. The number of hydrogen-bond acceptors (Lipinski definition) is 4. The molecule has 0 bridgehead atoms. The fraction of sp³-hybridized carbons (Fsp3) is 0.286. The molecule has 19 heavy (non-hydrogen) atoms. The van der Waals surface area contributed by atoms with Gasteiger partial charge in [0.2, 0.25) is 0 Å². The van der Waals surface area contributed by atoms with Crippen molar-refractivity contribution < 1.29 is 4.39 Å². The van der Waals surface area contributed by atoms with E-state index in [2.05, 4.69) is 10.2 Å². The van der Waals surface area contributed by atoms with Gasteiger partial charge in [-0.2, -0.15) is 5.10 Å². The zero-order valence-electron chi connectivity index (χ0n) is 10.9. The molecule has 2 rings (SSSR count). The number of benzene rings is 1. The standard InChI is InChI=1S/C14H17FN4/c1-11-3-8-14(18-17-11)19(10-2-9-16)13-6-4-12(15)5-7-13/h3-8H,2,9-10,16H2,1H3. The zero-order chi connectivity index (χ0) is 13.7. The van der Waals surface area contributed by atoms with Crippen LogP contribution in [0.15, 0.2) is 36.4 Å². The molecule has 1 heterocycles. The highest BCUT2D eigenvalue weighted by molar-refractivity contribution is 5.59. The lowest BCUT2D eigenvalue weighted by molar-refractivity contribution is 0.627. The molecule has 4 nitrogen and oxygen atoms in total. The smallest absolute Gasteiger partial charge is 0.155 e. The summed E-state index contributed by atoms with van der Waals surface area (Å²) < 4.78 is 13.0. The van der Waals surface area contributed by atoms with E-state index in [0.29, 0.717) is 6.54 Å². The van der Waals surface area contributed by atoms with Crippen LogP contribution in [0, 0.1) is 12.7 Å². The van der Waals surface area contributed by atoms with E-state index in [-0.39, 0.29) is 5.82 Å². The van der Waals surface area contributed by atoms with E-state index in [4.69, 9.17) is 5.73 Å². The molecule has 1 aromatic heterocycles. The number of nitrogens with two attached hydrogens (primary N) is 1. The normalized spacial score (nSPS) is 10.5. The topological polar surface area (TPSA) is 55.0 Å². The van der Waals surface area contributed by atoms with Gasteiger partial charge in [-0.15, -0.1) is 5.10 Å². The maximum absolute atomic E-state index is 13.0. The number of aromatic nitrogens is 2. The Labute approximate surface area is 112 Å². The Kier molecular flexibility index (Phi) is 4.41. The summed E-state index contributed by atoms with van der Waals surface area (Å²) in [5, 5.41) is 8.23. The lowest BCUT2D eigenvalue weighted by Crippen LogP contribution is -2.22. The van der Waals surface area contributed by atoms with Crippen LogP contribution in [-0.2, 0) is 0 Å². The highest BCUT2D eigenvalue weighted by atomic mass is 19.1. The first-order chi connectivity index (χ1) is 9.20. The summed E-state index contributed by atoms with van der Waals surface area (Å²) in [5.41, 5.74) is 7.30. The molecule has 1 aromatic carbocycles. The van der Waals surface area contributed by atoms with Crippen LogP contribution >= 0.6 is 0 Å². The third-order valence-corrected chi connectivity index (χ3v) is 2.78. The summed E-state index contributed by atoms with van der Waals surface area (Å²) in [6.07, 6.45) is 0.826. The monoisotopic (exact) mass is 260 g/mol. The fourth-order valence-electron chi connectivity index (χ4n) is 1.78. The Morgan fingerprint density at radius 1 is 1.11 bits per heavy atom. The molecular formula is C14H17FN4. The van der Waals surface area contributed by atoms with Crippen LogP contribution in [0.4, 0.5) is 15.9 Å². The second-order valence-corrected chi connectivity index (χ2v) is 4.30. The van der Waals surface area contributed by atoms with Crippen LogP contribution in [0.1, 0.15) is 12.1 Å². The summed E-state index contributed by atoms with van der Waals surface area (Å²) in [5.74, 6) is 0.489. The van der Waals surface area contributed by atoms with Gasteiger partial charge in [0.1, 0.15) is 5.82 Å². The second-order valence-electron chi connectivity index (χ2n) is 4.30. The Bertz CT molecular complexity index is 464. The van der Waals surface area contributed by atoms with E-state index in [9.17, 15) is 4.39 Å². The Hall–Kier alpha value is -2.01. The van der Waals surface area contributed by atoms with Gasteiger partial charge in [0, 0.05) is 12.2 Å². The molecule has 0 radical (unpaired) electrons. The predicted molar refractivity (Wildman–Crippen MR) is 73.8 cm³/mol. The van der Waals surface area contributed by atoms with Crippen molar-refractivity contribution in [1.82, 2.24) is 10.2 Å². The molecule has 0 atom stereocenters. The van der Waals surface area contributed by atoms with E-state index in [1.54, 1.807) is 12.1 Å². The maximum atomic E-state index is 13.0. The molecule has 5 heteroatoms. The first kappa shape index (κ1) is 13.4. The van der Waals surface area contributed by atoms with Crippen molar-refractivity contribution in [1.29, 1.82) is 0 Å². The molecule has 0 aliphatic heterocycles. The lowest BCUT2D eigenvalue weighted by atomic mass is 10.2. The Morgan fingerprint density at radius 2 is 1.84 bits per heavy atom. The third kappa shape index (κ3) is 3.48. The number of rotatable bonds is 5. The van der Waals surface area contributed by atoms with E-state index in [1.807, 2.05) is 24.0 Å². The van der Waals surface area contributed by atoms with E-state index < -0.39 is 0 Å². The first-order valence-electron chi connectivity index (χ1n) is 6.24. The van der Waals surface area contributed by atoms with Crippen molar-refractivity contribution in [2.75, 3.05) is 18.0 Å². The molecule has 0 aliphatic rings. The largest absolute Gasteiger partial charge is 0.330 e. The highest BCUT2D eigenvalue weighted by Crippen LogP contribution is 2.23. The van der Waals surface area contributed by atoms with Gasteiger partial charge in [0.15, 0.2) is 5.82 Å². The average Bonchev–Trinajstić information content (AvgIpc) is 2.43. The van der Waals surface area contributed by atoms with Crippen LogP contribution in [0.25, 0.3) is 0 Å². The van der Waals surface area contributed by atoms with Gasteiger partial charge in [-0.05, 0) is 56.3 Å². The molecule has 0 aliphatic carbocycles. The molecule has 0 saturated carbocycles. The maximum Gasteiger partial charge on any atom is 0.155 e. The lowest BCUT2D eigenvalue weighted by Gasteiger charge is -2.23. The number of nitrogens with zero attached hydrogens (tertiary/aromatic N) is 3. The van der Waals surface area contributed by atoms with Crippen molar-refractivity contribution in [3.8, 4) is 0 Å². The summed E-state index contributed by atoms with van der Waals surface area (Å²) in [4.78, 5) is 1.98. The SMILES string of the molecule is Cc1ccc(N(CCCN)c2ccc(F)cc2)nn1. The van der Waals surface area contributed by atoms with Crippen molar-refractivity contribution in [3.05, 3.63) is 47.9 Å². The molecule has 2 N–H and O–H groups in total. The van der Waals surface area contributed by atoms with Crippen molar-refractivity contribution in [3.63, 3.8) is 0 Å². The first-order valence-corrected chi connectivity index (χ1v) is 6.24. The predicted octanol–water partition coefficient (Wildman–Crippen LogP) is 2.41. The second kappa shape index (κ2) is 6.24. The van der Waals surface area contributed by atoms with E-state index in [1.165, 1.54) is 12.1 Å². The van der Waals surface area contributed by atoms with Gasteiger partial charge in [-0.1, -0.05) is 0 Å². The average molecular weight is 260 g/mol. The van der Waals surface area contributed by atoms with Gasteiger partial charge >= 0.3 is 0 Å². The van der Waals surface area contributed by atoms with Crippen LogP contribution in [0.2, 0.25) is 0 Å². The summed E-state index contributed by atoms with van der Waals surface area (Å²) in [6.45, 7) is 3.20. The van der Waals surface area contributed by atoms with Crippen LogP contribution in [0.5, 0.6) is 0 Å². The Morgan fingerprint density at radius 3 is 2.42 bits per heavy atom. The number of halogens is 1. The molecule has 100 valence electrons. The summed E-state index contributed by atoms with van der Waals surface area (Å²) in [6, 6.07) is 10.1. The minimum atomic E-state index is -0.252. The van der Waals surface area contributed by atoms with Gasteiger partial charge < -0.3 is 10.6 Å². The quantitative estimate of drug-likeness (QED) is 0.897. The van der Waals surface area contributed by atoms with Gasteiger partial charge in [-0.3, -0.25) is 0 Å². The summed E-state index contributed by atoms with van der Waals surface area (Å²) in [7, 11) is 0.